The Kier molecular flexibility index (Phi) is 4.93. The summed E-state index contributed by atoms with van der Waals surface area (Å²) in [7, 11) is 1.63. The molecule has 1 heterocycles. The van der Waals surface area contributed by atoms with Crippen LogP contribution in [0.3, 0.4) is 0 Å². The number of carboxylic acids is 1. The van der Waals surface area contributed by atoms with E-state index in [9.17, 15) is 14.7 Å². The number of carbonyl (C=O) groups excluding carboxylic acids is 1. The van der Waals surface area contributed by atoms with Gasteiger partial charge >= 0.3 is 5.97 Å². The van der Waals surface area contributed by atoms with Crippen molar-refractivity contribution in [2.45, 2.75) is 32.6 Å². The van der Waals surface area contributed by atoms with Gasteiger partial charge in [0, 0.05) is 20.0 Å². The summed E-state index contributed by atoms with van der Waals surface area (Å²) >= 11 is 0. The first-order valence-electron chi connectivity index (χ1n) is 6.14. The van der Waals surface area contributed by atoms with E-state index in [1.54, 1.807) is 14.0 Å². The first kappa shape index (κ1) is 14.0. The molecule has 2 N–H and O–H groups in total. The highest BCUT2D eigenvalue weighted by Gasteiger charge is 2.37. The lowest BCUT2D eigenvalue weighted by Gasteiger charge is -2.37. The maximum absolute atomic E-state index is 11.2. The molecule has 17 heavy (non-hydrogen) atoms. The zero-order chi connectivity index (χ0) is 12.9. The van der Waals surface area contributed by atoms with Gasteiger partial charge in [-0.1, -0.05) is 0 Å². The Morgan fingerprint density at radius 3 is 2.76 bits per heavy atom. The molecule has 1 fully saturated rings. The van der Waals surface area contributed by atoms with Crippen LogP contribution in [0.4, 0.5) is 0 Å². The van der Waals surface area contributed by atoms with Crippen molar-refractivity contribution >= 4 is 11.9 Å². The van der Waals surface area contributed by atoms with Crippen LogP contribution in [0.25, 0.3) is 0 Å². The van der Waals surface area contributed by atoms with E-state index in [2.05, 4.69) is 10.2 Å². The van der Waals surface area contributed by atoms with Crippen molar-refractivity contribution in [1.29, 1.82) is 0 Å². The van der Waals surface area contributed by atoms with E-state index in [-0.39, 0.29) is 5.91 Å². The van der Waals surface area contributed by atoms with Crippen LogP contribution in [0.1, 0.15) is 32.6 Å². The van der Waals surface area contributed by atoms with Gasteiger partial charge in [0.15, 0.2) is 0 Å². The molecule has 1 rings (SSSR count). The average molecular weight is 242 g/mol. The molecule has 5 heteroatoms. The van der Waals surface area contributed by atoms with Gasteiger partial charge in [-0.25, -0.2) is 0 Å². The van der Waals surface area contributed by atoms with Gasteiger partial charge in [0.05, 0.1) is 5.41 Å². The number of nitrogens with zero attached hydrogens (tertiary/aromatic N) is 1. The van der Waals surface area contributed by atoms with E-state index in [0.29, 0.717) is 13.0 Å². The first-order chi connectivity index (χ1) is 7.98. The lowest BCUT2D eigenvalue weighted by atomic mass is 9.82. The molecule has 1 amide bonds. The van der Waals surface area contributed by atoms with Gasteiger partial charge in [-0.3, -0.25) is 9.59 Å². The van der Waals surface area contributed by atoms with Gasteiger partial charge in [-0.15, -0.1) is 0 Å². The second-order valence-electron chi connectivity index (χ2n) is 5.02. The fourth-order valence-electron chi connectivity index (χ4n) is 2.30. The summed E-state index contributed by atoms with van der Waals surface area (Å²) in [6.45, 7) is 4.14. The molecule has 0 bridgehead atoms. The molecule has 0 radical (unpaired) electrons. The second-order valence-corrected chi connectivity index (χ2v) is 5.02. The fraction of sp³-hybridized carbons (Fsp3) is 0.833. The van der Waals surface area contributed by atoms with E-state index in [4.69, 9.17) is 0 Å². The van der Waals surface area contributed by atoms with Crippen LogP contribution < -0.4 is 5.32 Å². The number of hydrogen-bond acceptors (Lipinski definition) is 3. The van der Waals surface area contributed by atoms with Gasteiger partial charge in [-0.05, 0) is 39.3 Å². The van der Waals surface area contributed by atoms with E-state index in [1.165, 1.54) is 0 Å². The Bertz CT molecular complexity index is 293. The number of rotatable bonds is 5. The summed E-state index contributed by atoms with van der Waals surface area (Å²) in [6.07, 6.45) is 2.96. The molecule has 1 atom stereocenters. The zero-order valence-electron chi connectivity index (χ0n) is 10.7. The molecule has 1 aliphatic heterocycles. The Hall–Kier alpha value is -1.10. The molecule has 0 aliphatic carbocycles. The highest BCUT2D eigenvalue weighted by molar-refractivity contribution is 5.75. The smallest absolute Gasteiger partial charge is 0.310 e. The van der Waals surface area contributed by atoms with Crippen molar-refractivity contribution in [3.05, 3.63) is 0 Å². The Morgan fingerprint density at radius 2 is 2.18 bits per heavy atom. The SMILES string of the molecule is CNC(=O)CCCN1CCCC(C)(C(=O)O)C1. The molecule has 0 aromatic heterocycles. The summed E-state index contributed by atoms with van der Waals surface area (Å²) in [5.74, 6) is -0.670. The number of hydrogen-bond donors (Lipinski definition) is 2. The van der Waals surface area contributed by atoms with Gasteiger partial charge in [0.25, 0.3) is 0 Å². The van der Waals surface area contributed by atoms with Crippen molar-refractivity contribution in [3.63, 3.8) is 0 Å². The normalized spacial score (nSPS) is 25.5. The average Bonchev–Trinajstić information content (AvgIpc) is 2.29. The third kappa shape index (κ3) is 4.00. The van der Waals surface area contributed by atoms with E-state index >= 15 is 0 Å². The van der Waals surface area contributed by atoms with Crippen LogP contribution in [0.5, 0.6) is 0 Å². The third-order valence-electron chi connectivity index (χ3n) is 3.45. The number of aliphatic carboxylic acids is 1. The fourth-order valence-corrected chi connectivity index (χ4v) is 2.30. The molecule has 0 aromatic carbocycles. The Morgan fingerprint density at radius 1 is 1.47 bits per heavy atom. The molecule has 0 aromatic rings. The summed E-state index contributed by atoms with van der Waals surface area (Å²) < 4.78 is 0. The number of amides is 1. The zero-order valence-corrected chi connectivity index (χ0v) is 10.7. The highest BCUT2D eigenvalue weighted by atomic mass is 16.4. The van der Waals surface area contributed by atoms with Crippen LogP contribution in [0, 0.1) is 5.41 Å². The van der Waals surface area contributed by atoms with Crippen LogP contribution >= 0.6 is 0 Å². The molecule has 1 saturated heterocycles. The molecule has 98 valence electrons. The predicted octanol–water partition coefficient (Wildman–Crippen LogP) is 0.699. The topological polar surface area (TPSA) is 69.6 Å². The minimum absolute atomic E-state index is 0.0444. The van der Waals surface area contributed by atoms with Crippen molar-refractivity contribution < 1.29 is 14.7 Å². The summed E-state index contributed by atoms with van der Waals surface area (Å²) in [5.41, 5.74) is -0.620. The monoisotopic (exact) mass is 242 g/mol. The standard InChI is InChI=1S/C12H22N2O3/c1-12(11(16)17)6-4-8-14(9-12)7-3-5-10(15)13-2/h3-9H2,1-2H3,(H,13,15)(H,16,17). The number of carbonyl (C=O) groups is 2. The molecular weight excluding hydrogens is 220 g/mol. The summed E-state index contributed by atoms with van der Waals surface area (Å²) in [5, 5.41) is 11.8. The van der Waals surface area contributed by atoms with Gasteiger partial charge in [0.2, 0.25) is 5.91 Å². The largest absolute Gasteiger partial charge is 0.481 e. The van der Waals surface area contributed by atoms with E-state index in [1.807, 2.05) is 0 Å². The predicted molar refractivity (Wildman–Crippen MR) is 64.7 cm³/mol. The minimum atomic E-state index is -0.714. The van der Waals surface area contributed by atoms with Crippen LogP contribution in [-0.2, 0) is 9.59 Å². The van der Waals surface area contributed by atoms with Crippen LogP contribution in [-0.4, -0.2) is 48.6 Å². The van der Waals surface area contributed by atoms with Gasteiger partial charge in [-0.2, -0.15) is 0 Å². The summed E-state index contributed by atoms with van der Waals surface area (Å²) in [6, 6.07) is 0. The van der Waals surface area contributed by atoms with Crippen LogP contribution in [0.2, 0.25) is 0 Å². The molecule has 1 aliphatic rings. The van der Waals surface area contributed by atoms with Crippen molar-refractivity contribution in [3.8, 4) is 0 Å². The van der Waals surface area contributed by atoms with Crippen molar-refractivity contribution in [2.24, 2.45) is 5.41 Å². The van der Waals surface area contributed by atoms with Crippen molar-refractivity contribution in [2.75, 3.05) is 26.7 Å². The molecule has 0 spiro atoms. The molecule has 0 saturated carbocycles. The Balaban J connectivity index is 2.35. The molecular formula is C12H22N2O3. The van der Waals surface area contributed by atoms with Crippen LogP contribution in [0.15, 0.2) is 0 Å². The number of nitrogens with one attached hydrogen (secondary N) is 1. The quantitative estimate of drug-likeness (QED) is 0.744. The second kappa shape index (κ2) is 6.00. The Labute approximate surface area is 102 Å². The number of piperidine rings is 1. The maximum Gasteiger partial charge on any atom is 0.310 e. The van der Waals surface area contributed by atoms with Gasteiger partial charge in [0.1, 0.15) is 0 Å². The third-order valence-corrected chi connectivity index (χ3v) is 3.45. The van der Waals surface area contributed by atoms with Gasteiger partial charge < -0.3 is 15.3 Å². The summed E-state index contributed by atoms with van der Waals surface area (Å²) in [4.78, 5) is 24.4. The lowest BCUT2D eigenvalue weighted by Crippen LogP contribution is -2.46. The highest BCUT2D eigenvalue weighted by Crippen LogP contribution is 2.29. The molecule has 5 nitrogen and oxygen atoms in total. The minimum Gasteiger partial charge on any atom is -0.481 e. The lowest BCUT2D eigenvalue weighted by molar-refractivity contribution is -0.151. The van der Waals surface area contributed by atoms with E-state index in [0.717, 1.165) is 32.4 Å². The molecule has 1 unspecified atom stereocenters. The first-order valence-corrected chi connectivity index (χ1v) is 6.14. The van der Waals surface area contributed by atoms with Crippen molar-refractivity contribution in [1.82, 2.24) is 10.2 Å². The number of carboxylic acid groups (broad SMARTS) is 1. The van der Waals surface area contributed by atoms with E-state index < -0.39 is 11.4 Å². The maximum atomic E-state index is 11.2. The number of likely N-dealkylation sites (tertiary alicyclic amines) is 1.